The number of benzene rings is 1. The third-order valence-electron chi connectivity index (χ3n) is 6.56. The van der Waals surface area contributed by atoms with Gasteiger partial charge in [0, 0.05) is 18.8 Å². The minimum atomic E-state index is -0.162. The Bertz CT molecular complexity index is 1040. The van der Waals surface area contributed by atoms with Crippen molar-refractivity contribution in [3.63, 3.8) is 0 Å². The first-order valence-corrected chi connectivity index (χ1v) is 11.0. The molecule has 1 aliphatic carbocycles. The van der Waals surface area contributed by atoms with Gasteiger partial charge in [0.2, 0.25) is 5.82 Å². The van der Waals surface area contributed by atoms with Crippen LogP contribution in [0.15, 0.2) is 47.0 Å². The summed E-state index contributed by atoms with van der Waals surface area (Å²) in [5.74, 6) is 2.02. The molecule has 2 heterocycles. The maximum Gasteiger partial charge on any atom is 0.250 e. The first-order chi connectivity index (χ1) is 14.9. The third-order valence-corrected chi connectivity index (χ3v) is 6.56. The number of aryl methyl sites for hydroxylation is 1. The Balaban J connectivity index is 1.38. The van der Waals surface area contributed by atoms with Gasteiger partial charge >= 0.3 is 0 Å². The Morgan fingerprint density at radius 2 is 1.94 bits per heavy atom. The smallest absolute Gasteiger partial charge is 0.250 e. The molecule has 1 saturated carbocycles. The fraction of sp³-hybridized carbons (Fsp3) is 0.440. The molecule has 0 radical (unpaired) electrons. The maximum atomic E-state index is 13.8. The van der Waals surface area contributed by atoms with Gasteiger partial charge in [-0.1, -0.05) is 23.4 Å². The average Bonchev–Trinajstić information content (AvgIpc) is 3.34. The van der Waals surface area contributed by atoms with E-state index >= 15 is 0 Å². The molecule has 4 rings (SSSR count). The molecule has 164 valence electrons. The highest BCUT2D eigenvalue weighted by Crippen LogP contribution is 2.40. The first kappa shape index (κ1) is 21.5. The highest BCUT2D eigenvalue weighted by molar-refractivity contribution is 5.52. The molecule has 1 atom stereocenters. The van der Waals surface area contributed by atoms with Crippen LogP contribution in [-0.2, 0) is 7.05 Å². The van der Waals surface area contributed by atoms with Gasteiger partial charge in [0.15, 0.2) is 0 Å². The van der Waals surface area contributed by atoms with Crippen molar-refractivity contribution in [3.05, 3.63) is 65.4 Å². The van der Waals surface area contributed by atoms with Crippen molar-refractivity contribution in [3.8, 4) is 11.5 Å². The van der Waals surface area contributed by atoms with E-state index in [0.717, 1.165) is 42.6 Å². The summed E-state index contributed by atoms with van der Waals surface area (Å²) in [6.45, 7) is 2.05. The lowest BCUT2D eigenvalue weighted by atomic mass is 9.76. The molecule has 0 bridgehead atoms. The van der Waals surface area contributed by atoms with Crippen molar-refractivity contribution in [2.24, 2.45) is 18.9 Å². The van der Waals surface area contributed by atoms with Crippen molar-refractivity contribution in [2.45, 2.75) is 38.6 Å². The number of hydrogen-bond donors (Lipinski definition) is 0. The summed E-state index contributed by atoms with van der Waals surface area (Å²) in [4.78, 5) is 6.75. The molecular formula is C25H31FN4O. The molecule has 6 heteroatoms. The van der Waals surface area contributed by atoms with Gasteiger partial charge in [0.1, 0.15) is 5.82 Å². The predicted octanol–water partition coefficient (Wildman–Crippen LogP) is 5.65. The fourth-order valence-corrected chi connectivity index (χ4v) is 4.80. The monoisotopic (exact) mass is 422 g/mol. The molecule has 0 N–H and O–H groups in total. The molecular weight excluding hydrogens is 391 g/mol. The number of aromatic nitrogens is 3. The third kappa shape index (κ3) is 4.79. The van der Waals surface area contributed by atoms with Crippen LogP contribution in [0, 0.1) is 24.6 Å². The van der Waals surface area contributed by atoms with Crippen molar-refractivity contribution >= 4 is 6.08 Å². The quantitative estimate of drug-likeness (QED) is 0.515. The van der Waals surface area contributed by atoms with Gasteiger partial charge in [-0.25, -0.2) is 4.39 Å². The Labute approximate surface area is 183 Å². The average molecular weight is 423 g/mol. The molecule has 3 aromatic rings. The number of halogens is 1. The molecule has 1 aliphatic rings. The Morgan fingerprint density at radius 1 is 1.16 bits per heavy atom. The minimum Gasteiger partial charge on any atom is -0.345 e. The van der Waals surface area contributed by atoms with E-state index in [1.807, 2.05) is 37.4 Å². The molecule has 1 unspecified atom stereocenters. The summed E-state index contributed by atoms with van der Waals surface area (Å²) in [5, 5.41) is 4.13. The Kier molecular flexibility index (Phi) is 6.37. The zero-order valence-corrected chi connectivity index (χ0v) is 18.8. The van der Waals surface area contributed by atoms with E-state index in [4.69, 9.17) is 4.52 Å². The van der Waals surface area contributed by atoms with Gasteiger partial charge in [-0.05, 0) is 94.4 Å². The lowest BCUT2D eigenvalue weighted by Crippen LogP contribution is -2.30. The predicted molar refractivity (Wildman–Crippen MR) is 121 cm³/mol. The zero-order valence-electron chi connectivity index (χ0n) is 18.8. The van der Waals surface area contributed by atoms with Gasteiger partial charge in [-0.15, -0.1) is 0 Å². The summed E-state index contributed by atoms with van der Waals surface area (Å²) in [7, 11) is 6.17. The molecule has 31 heavy (non-hydrogen) atoms. The Hall–Kier alpha value is -2.73. The minimum absolute atomic E-state index is 0.162. The molecule has 0 spiro atoms. The Morgan fingerprint density at radius 3 is 2.58 bits per heavy atom. The van der Waals surface area contributed by atoms with Crippen LogP contribution in [0.2, 0.25) is 0 Å². The van der Waals surface area contributed by atoms with Crippen LogP contribution in [0.1, 0.15) is 48.9 Å². The summed E-state index contributed by atoms with van der Waals surface area (Å²) < 4.78 is 21.3. The normalized spacial score (nSPS) is 20.6. The molecule has 0 saturated heterocycles. The summed E-state index contributed by atoms with van der Waals surface area (Å²) >= 11 is 0. The van der Waals surface area contributed by atoms with E-state index in [-0.39, 0.29) is 11.9 Å². The molecule has 1 fully saturated rings. The van der Waals surface area contributed by atoms with E-state index in [1.54, 1.807) is 6.07 Å². The van der Waals surface area contributed by atoms with E-state index in [9.17, 15) is 4.39 Å². The summed E-state index contributed by atoms with van der Waals surface area (Å²) in [6, 6.07) is 11.3. The molecule has 1 aromatic carbocycles. The van der Waals surface area contributed by atoms with Crippen LogP contribution in [0.3, 0.4) is 0 Å². The van der Waals surface area contributed by atoms with Gasteiger partial charge in [0.25, 0.3) is 5.89 Å². The lowest BCUT2D eigenvalue weighted by Gasteiger charge is -2.37. The van der Waals surface area contributed by atoms with Crippen molar-refractivity contribution in [1.82, 2.24) is 19.6 Å². The highest BCUT2D eigenvalue weighted by atomic mass is 19.1. The van der Waals surface area contributed by atoms with E-state index in [1.165, 1.54) is 6.07 Å². The topological polar surface area (TPSA) is 47.1 Å². The number of nitrogens with zero attached hydrogens (tertiary/aromatic N) is 4. The van der Waals surface area contributed by atoms with Crippen LogP contribution in [0.4, 0.5) is 4.39 Å². The molecule has 0 aliphatic heterocycles. The van der Waals surface area contributed by atoms with Crippen LogP contribution in [0.25, 0.3) is 17.6 Å². The van der Waals surface area contributed by atoms with E-state index in [0.29, 0.717) is 23.6 Å². The van der Waals surface area contributed by atoms with Gasteiger partial charge in [-0.3, -0.25) is 0 Å². The second-order valence-corrected chi connectivity index (χ2v) is 8.87. The molecule has 2 aromatic heterocycles. The van der Waals surface area contributed by atoms with Crippen molar-refractivity contribution < 1.29 is 8.91 Å². The first-order valence-electron chi connectivity index (χ1n) is 11.0. The second-order valence-electron chi connectivity index (χ2n) is 8.87. The van der Waals surface area contributed by atoms with Crippen LogP contribution in [0.5, 0.6) is 0 Å². The largest absolute Gasteiger partial charge is 0.345 e. The second kappa shape index (κ2) is 9.18. The SMILES string of the molecule is Cc1ccc(-c2noc(C=CC3CCC(C(c4cccc(F)c4)N(C)C)CC3)n2)n1C. The number of rotatable bonds is 6. The van der Waals surface area contributed by atoms with Crippen LogP contribution < -0.4 is 0 Å². The van der Waals surface area contributed by atoms with E-state index in [2.05, 4.69) is 46.7 Å². The summed E-state index contributed by atoms with van der Waals surface area (Å²) in [6.07, 6.45) is 8.61. The molecule has 5 nitrogen and oxygen atoms in total. The van der Waals surface area contributed by atoms with E-state index < -0.39 is 0 Å². The summed E-state index contributed by atoms with van der Waals surface area (Å²) in [5.41, 5.74) is 3.18. The highest BCUT2D eigenvalue weighted by Gasteiger charge is 2.29. The fourth-order valence-electron chi connectivity index (χ4n) is 4.80. The number of hydrogen-bond acceptors (Lipinski definition) is 4. The van der Waals surface area contributed by atoms with Gasteiger partial charge in [0.05, 0.1) is 5.69 Å². The molecule has 0 amide bonds. The maximum absolute atomic E-state index is 13.8. The van der Waals surface area contributed by atoms with Crippen molar-refractivity contribution in [1.29, 1.82) is 0 Å². The van der Waals surface area contributed by atoms with Gasteiger partial charge < -0.3 is 14.0 Å². The van der Waals surface area contributed by atoms with Crippen LogP contribution >= 0.6 is 0 Å². The standard InChI is InChI=1S/C25H31FN4O/c1-17-8-14-22(30(17)4)25-27-23(31-28-25)15-11-18-9-12-19(13-10-18)24(29(2)3)20-6-5-7-21(26)16-20/h5-8,11,14-16,18-19,24H,9-10,12-13H2,1-4H3. The van der Waals surface area contributed by atoms with Gasteiger partial charge in [-0.2, -0.15) is 4.98 Å². The lowest BCUT2D eigenvalue weighted by molar-refractivity contribution is 0.159. The zero-order chi connectivity index (χ0) is 22.0. The van der Waals surface area contributed by atoms with Crippen LogP contribution in [-0.4, -0.2) is 33.7 Å². The number of allylic oxidation sites excluding steroid dienone is 1. The van der Waals surface area contributed by atoms with Crippen molar-refractivity contribution in [2.75, 3.05) is 14.1 Å².